The van der Waals surface area contributed by atoms with Crippen molar-refractivity contribution in [2.75, 3.05) is 13.2 Å². The van der Waals surface area contributed by atoms with Crippen molar-refractivity contribution in [1.29, 1.82) is 0 Å². The summed E-state index contributed by atoms with van der Waals surface area (Å²) in [7, 11) is 0. The SMILES string of the molecule is O=C(COC(=O)c1ccc(I)cc1)NC(=O)NCCc1cccs1. The number of nitrogens with one attached hydrogen (secondary N) is 2. The lowest BCUT2D eigenvalue weighted by Gasteiger charge is -2.07. The largest absolute Gasteiger partial charge is 0.452 e. The summed E-state index contributed by atoms with van der Waals surface area (Å²) in [6, 6.07) is 10.0. The zero-order valence-electron chi connectivity index (χ0n) is 12.6. The van der Waals surface area contributed by atoms with E-state index in [1.807, 2.05) is 17.5 Å². The molecule has 1 heterocycles. The van der Waals surface area contributed by atoms with Crippen molar-refractivity contribution in [2.45, 2.75) is 6.42 Å². The molecule has 24 heavy (non-hydrogen) atoms. The Labute approximate surface area is 156 Å². The minimum absolute atomic E-state index is 0.351. The number of rotatable bonds is 6. The molecular formula is C16H15IN2O4S. The second kappa shape index (κ2) is 9.38. The summed E-state index contributed by atoms with van der Waals surface area (Å²) >= 11 is 3.72. The van der Waals surface area contributed by atoms with Crippen LogP contribution >= 0.6 is 33.9 Å². The van der Waals surface area contributed by atoms with Crippen molar-refractivity contribution in [3.05, 3.63) is 55.8 Å². The standard InChI is InChI=1S/C16H15IN2O4S/c17-12-5-3-11(4-6-12)15(21)23-10-14(20)19-16(22)18-8-7-13-2-1-9-24-13/h1-6,9H,7-8,10H2,(H2,18,19,20,22). The molecule has 1 aromatic heterocycles. The van der Waals surface area contributed by atoms with Crippen LogP contribution in [0.2, 0.25) is 0 Å². The molecular weight excluding hydrogens is 443 g/mol. The highest BCUT2D eigenvalue weighted by atomic mass is 127. The lowest BCUT2D eigenvalue weighted by molar-refractivity contribution is -0.123. The topological polar surface area (TPSA) is 84.5 Å². The van der Waals surface area contributed by atoms with E-state index in [2.05, 4.69) is 33.2 Å². The second-order valence-electron chi connectivity index (χ2n) is 4.72. The number of benzene rings is 1. The maximum absolute atomic E-state index is 11.7. The summed E-state index contributed by atoms with van der Waals surface area (Å²) in [5.41, 5.74) is 0.351. The molecule has 3 amide bonds. The van der Waals surface area contributed by atoms with E-state index < -0.39 is 24.5 Å². The number of carbonyl (C=O) groups excluding carboxylic acids is 3. The summed E-state index contributed by atoms with van der Waals surface area (Å²) < 4.78 is 5.85. The van der Waals surface area contributed by atoms with Crippen molar-refractivity contribution in [2.24, 2.45) is 0 Å². The van der Waals surface area contributed by atoms with E-state index in [0.29, 0.717) is 18.5 Å². The highest BCUT2D eigenvalue weighted by Crippen LogP contribution is 2.08. The first-order valence-electron chi connectivity index (χ1n) is 7.07. The lowest BCUT2D eigenvalue weighted by Crippen LogP contribution is -2.42. The molecule has 0 radical (unpaired) electrons. The van der Waals surface area contributed by atoms with Crippen LogP contribution in [0.3, 0.4) is 0 Å². The summed E-state index contributed by atoms with van der Waals surface area (Å²) in [5.74, 6) is -1.29. The van der Waals surface area contributed by atoms with Gasteiger partial charge in [-0.05, 0) is 64.7 Å². The molecule has 0 saturated carbocycles. The molecule has 2 rings (SSSR count). The first-order valence-corrected chi connectivity index (χ1v) is 9.03. The van der Waals surface area contributed by atoms with Gasteiger partial charge in [0.05, 0.1) is 5.56 Å². The molecule has 0 unspecified atom stereocenters. The molecule has 6 nitrogen and oxygen atoms in total. The average molecular weight is 458 g/mol. The van der Waals surface area contributed by atoms with E-state index >= 15 is 0 Å². The Morgan fingerprint density at radius 1 is 1.12 bits per heavy atom. The monoisotopic (exact) mass is 458 g/mol. The third-order valence-electron chi connectivity index (χ3n) is 2.90. The van der Waals surface area contributed by atoms with Gasteiger partial charge in [0, 0.05) is 15.0 Å². The summed E-state index contributed by atoms with van der Waals surface area (Å²) in [6.45, 7) is -0.0920. The van der Waals surface area contributed by atoms with E-state index in [4.69, 9.17) is 4.74 Å². The molecule has 1 aromatic carbocycles. The first kappa shape index (κ1) is 18.4. The second-order valence-corrected chi connectivity index (χ2v) is 6.99. The van der Waals surface area contributed by atoms with Gasteiger partial charge in [-0.15, -0.1) is 11.3 Å². The van der Waals surface area contributed by atoms with Gasteiger partial charge < -0.3 is 10.1 Å². The average Bonchev–Trinajstić information content (AvgIpc) is 3.06. The number of carbonyl (C=O) groups is 3. The van der Waals surface area contributed by atoms with Crippen LogP contribution in [0.5, 0.6) is 0 Å². The number of hydrogen-bond donors (Lipinski definition) is 2. The fourth-order valence-corrected chi connectivity index (χ4v) is 2.83. The van der Waals surface area contributed by atoms with Gasteiger partial charge in [-0.2, -0.15) is 0 Å². The highest BCUT2D eigenvalue weighted by Gasteiger charge is 2.12. The Morgan fingerprint density at radius 2 is 1.88 bits per heavy atom. The number of amides is 3. The minimum atomic E-state index is -0.678. The molecule has 2 N–H and O–H groups in total. The Balaban J connectivity index is 1.65. The van der Waals surface area contributed by atoms with Crippen LogP contribution < -0.4 is 10.6 Å². The number of hydrogen-bond acceptors (Lipinski definition) is 5. The molecule has 0 fully saturated rings. The van der Waals surface area contributed by atoms with E-state index in [-0.39, 0.29) is 0 Å². The van der Waals surface area contributed by atoms with Gasteiger partial charge in [-0.1, -0.05) is 6.07 Å². The molecule has 0 aliphatic heterocycles. The first-order chi connectivity index (χ1) is 11.5. The van der Waals surface area contributed by atoms with Gasteiger partial charge in [0.1, 0.15) is 0 Å². The van der Waals surface area contributed by atoms with Crippen molar-refractivity contribution in [3.63, 3.8) is 0 Å². The van der Waals surface area contributed by atoms with Crippen molar-refractivity contribution in [3.8, 4) is 0 Å². The summed E-state index contributed by atoms with van der Waals surface area (Å²) in [5, 5.41) is 6.64. The molecule has 0 aliphatic carbocycles. The fourth-order valence-electron chi connectivity index (χ4n) is 1.76. The number of esters is 1. The predicted molar refractivity (Wildman–Crippen MR) is 99.0 cm³/mol. The van der Waals surface area contributed by atoms with Crippen LogP contribution in [0.4, 0.5) is 4.79 Å². The zero-order valence-corrected chi connectivity index (χ0v) is 15.6. The van der Waals surface area contributed by atoms with Gasteiger partial charge in [-0.25, -0.2) is 9.59 Å². The number of thiophene rings is 1. The maximum atomic E-state index is 11.7. The van der Waals surface area contributed by atoms with Crippen LogP contribution in [0.25, 0.3) is 0 Å². The van der Waals surface area contributed by atoms with Crippen LogP contribution in [0.1, 0.15) is 15.2 Å². The third-order valence-corrected chi connectivity index (χ3v) is 4.56. The molecule has 0 aliphatic rings. The third kappa shape index (κ3) is 6.28. The quantitative estimate of drug-likeness (QED) is 0.515. The van der Waals surface area contributed by atoms with Crippen molar-refractivity contribution in [1.82, 2.24) is 10.6 Å². The smallest absolute Gasteiger partial charge is 0.338 e. The lowest BCUT2D eigenvalue weighted by atomic mass is 10.2. The van der Waals surface area contributed by atoms with Gasteiger partial charge >= 0.3 is 12.0 Å². The van der Waals surface area contributed by atoms with E-state index in [1.165, 1.54) is 0 Å². The Hall–Kier alpha value is -1.94. The van der Waals surface area contributed by atoms with Crippen molar-refractivity contribution >= 4 is 51.8 Å². The molecule has 8 heteroatoms. The van der Waals surface area contributed by atoms with E-state index in [0.717, 1.165) is 8.45 Å². The predicted octanol–water partition coefficient (Wildman–Crippen LogP) is 2.58. The van der Waals surface area contributed by atoms with Gasteiger partial charge in [0.25, 0.3) is 5.91 Å². The van der Waals surface area contributed by atoms with Gasteiger partial charge in [-0.3, -0.25) is 10.1 Å². The maximum Gasteiger partial charge on any atom is 0.338 e. The Bertz CT molecular complexity index is 701. The zero-order chi connectivity index (χ0) is 17.4. The minimum Gasteiger partial charge on any atom is -0.452 e. The van der Waals surface area contributed by atoms with Crippen LogP contribution in [0, 0.1) is 3.57 Å². The van der Waals surface area contributed by atoms with E-state index in [1.54, 1.807) is 35.6 Å². The molecule has 0 saturated heterocycles. The van der Waals surface area contributed by atoms with Crippen molar-refractivity contribution < 1.29 is 19.1 Å². The Kier molecular flexibility index (Phi) is 7.19. The van der Waals surface area contributed by atoms with E-state index in [9.17, 15) is 14.4 Å². The van der Waals surface area contributed by atoms with Crippen LogP contribution in [0.15, 0.2) is 41.8 Å². The number of urea groups is 1. The molecule has 126 valence electrons. The number of halogens is 1. The summed E-state index contributed by atoms with van der Waals surface area (Å²) in [4.78, 5) is 36.0. The van der Waals surface area contributed by atoms with Gasteiger partial charge in [0.15, 0.2) is 6.61 Å². The van der Waals surface area contributed by atoms with Crippen LogP contribution in [-0.2, 0) is 16.0 Å². The highest BCUT2D eigenvalue weighted by molar-refractivity contribution is 14.1. The molecule has 0 spiro atoms. The fraction of sp³-hybridized carbons (Fsp3) is 0.188. The molecule has 0 bridgehead atoms. The number of imide groups is 1. The van der Waals surface area contributed by atoms with Gasteiger partial charge in [0.2, 0.25) is 0 Å². The number of ether oxygens (including phenoxy) is 1. The van der Waals surface area contributed by atoms with Crippen LogP contribution in [-0.4, -0.2) is 31.1 Å². The normalized spacial score (nSPS) is 10.0. The molecule has 2 aromatic rings. The summed E-state index contributed by atoms with van der Waals surface area (Å²) in [6.07, 6.45) is 0.696. The Morgan fingerprint density at radius 3 is 2.54 bits per heavy atom. The molecule has 0 atom stereocenters.